The summed E-state index contributed by atoms with van der Waals surface area (Å²) < 4.78 is 0.803. The van der Waals surface area contributed by atoms with E-state index in [0.717, 1.165) is 10.3 Å². The maximum atomic E-state index is 2.34. The summed E-state index contributed by atoms with van der Waals surface area (Å²) in [5.41, 5.74) is 1.41. The zero-order valence-corrected chi connectivity index (χ0v) is 10.2. The van der Waals surface area contributed by atoms with Crippen molar-refractivity contribution in [2.45, 2.75) is 31.1 Å². The van der Waals surface area contributed by atoms with Crippen LogP contribution in [0.4, 0.5) is 0 Å². The van der Waals surface area contributed by atoms with Crippen molar-refractivity contribution in [1.82, 2.24) is 0 Å². The van der Waals surface area contributed by atoms with Gasteiger partial charge in [0.1, 0.15) is 0 Å². The maximum absolute atomic E-state index is 2.34. The highest BCUT2D eigenvalue weighted by Gasteiger charge is 1.79. The number of aryl methyl sites for hydroxylation is 1. The molecule has 0 amide bonds. The monoisotopic (exact) mass is 276 g/mol. The topological polar surface area (TPSA) is 0 Å². The van der Waals surface area contributed by atoms with Crippen molar-refractivity contribution >= 4 is 22.6 Å². The minimum Gasteiger partial charge on any atom is -0.0832 e. The Balaban J connectivity index is 0.000000261. The fourth-order valence-corrected chi connectivity index (χ4v) is 0.714. The van der Waals surface area contributed by atoms with Crippen molar-refractivity contribution in [2.75, 3.05) is 0 Å². The van der Waals surface area contributed by atoms with Gasteiger partial charge in [0.2, 0.25) is 0 Å². The first-order valence-electron chi connectivity index (χ1n) is 4.34. The van der Waals surface area contributed by atoms with Gasteiger partial charge in [-0.3, -0.25) is 0 Å². The molecule has 1 heteroatoms. The largest absolute Gasteiger partial charge is 0.0832 e. The van der Waals surface area contributed by atoms with Gasteiger partial charge in [-0.25, -0.2) is 0 Å². The number of halogens is 1. The molecular weight excluding hydrogens is 259 g/mol. The van der Waals surface area contributed by atoms with Gasteiger partial charge in [-0.1, -0.05) is 73.7 Å². The zero-order valence-electron chi connectivity index (χ0n) is 8.05. The standard InChI is InChI=1S/C8H10.C3H7I/c1-2-8-6-4-3-5-7-8;1-3(2)4/h3-7H,2H2,1H3;3H,1-2H3. The van der Waals surface area contributed by atoms with Crippen LogP contribution < -0.4 is 0 Å². The van der Waals surface area contributed by atoms with Crippen molar-refractivity contribution in [3.8, 4) is 0 Å². The zero-order chi connectivity index (χ0) is 9.40. The highest BCUT2D eigenvalue weighted by molar-refractivity contribution is 14.1. The number of rotatable bonds is 1. The van der Waals surface area contributed by atoms with Crippen molar-refractivity contribution in [2.24, 2.45) is 0 Å². The second kappa shape index (κ2) is 7.59. The predicted octanol–water partition coefficient (Wildman–Crippen LogP) is 4.08. The van der Waals surface area contributed by atoms with E-state index in [1.807, 2.05) is 6.07 Å². The van der Waals surface area contributed by atoms with Crippen LogP contribution in [0, 0.1) is 0 Å². The van der Waals surface area contributed by atoms with Gasteiger partial charge >= 0.3 is 0 Å². The molecule has 12 heavy (non-hydrogen) atoms. The Kier molecular flexibility index (Phi) is 7.56. The van der Waals surface area contributed by atoms with Gasteiger partial charge in [-0.15, -0.1) is 0 Å². The summed E-state index contributed by atoms with van der Waals surface area (Å²) in [6.45, 7) is 6.47. The predicted molar refractivity (Wildman–Crippen MR) is 65.0 cm³/mol. The van der Waals surface area contributed by atoms with Crippen molar-refractivity contribution in [3.63, 3.8) is 0 Å². The summed E-state index contributed by atoms with van der Waals surface area (Å²) in [5, 5.41) is 0. The van der Waals surface area contributed by atoms with E-state index < -0.39 is 0 Å². The highest BCUT2D eigenvalue weighted by atomic mass is 127. The Hall–Kier alpha value is -0.0500. The lowest BCUT2D eigenvalue weighted by Crippen LogP contribution is -1.73. The lowest BCUT2D eigenvalue weighted by molar-refractivity contribution is 1.14. The molecular formula is C11H17I. The van der Waals surface area contributed by atoms with E-state index in [1.165, 1.54) is 5.56 Å². The molecule has 0 aliphatic rings. The van der Waals surface area contributed by atoms with Crippen LogP contribution in [0.3, 0.4) is 0 Å². The van der Waals surface area contributed by atoms with Crippen LogP contribution in [0.2, 0.25) is 0 Å². The van der Waals surface area contributed by atoms with E-state index in [-0.39, 0.29) is 0 Å². The van der Waals surface area contributed by atoms with E-state index in [9.17, 15) is 0 Å². The summed E-state index contributed by atoms with van der Waals surface area (Å²) in [4.78, 5) is 0. The van der Waals surface area contributed by atoms with Gasteiger partial charge in [-0.2, -0.15) is 0 Å². The Morgan fingerprint density at radius 1 is 1.17 bits per heavy atom. The van der Waals surface area contributed by atoms with Gasteiger partial charge in [0.25, 0.3) is 0 Å². The third-order valence-corrected chi connectivity index (χ3v) is 1.25. The lowest BCUT2D eigenvalue weighted by atomic mass is 10.2. The van der Waals surface area contributed by atoms with E-state index in [4.69, 9.17) is 0 Å². The number of hydrogen-bond acceptors (Lipinski definition) is 0. The van der Waals surface area contributed by atoms with E-state index in [0.29, 0.717) is 0 Å². The van der Waals surface area contributed by atoms with Gasteiger partial charge in [0.15, 0.2) is 0 Å². The van der Waals surface area contributed by atoms with Crippen LogP contribution in [0.15, 0.2) is 30.3 Å². The molecule has 0 nitrogen and oxygen atoms in total. The Labute approximate surface area is 89.5 Å². The first-order chi connectivity index (χ1) is 5.66. The van der Waals surface area contributed by atoms with Crippen molar-refractivity contribution < 1.29 is 0 Å². The van der Waals surface area contributed by atoms with Crippen LogP contribution in [0.25, 0.3) is 0 Å². The van der Waals surface area contributed by atoms with Gasteiger partial charge in [0, 0.05) is 3.92 Å². The molecule has 1 aromatic rings. The summed E-state index contributed by atoms with van der Waals surface area (Å²) in [6, 6.07) is 10.5. The number of alkyl halides is 1. The van der Waals surface area contributed by atoms with Gasteiger partial charge in [-0.05, 0) is 12.0 Å². The summed E-state index contributed by atoms with van der Waals surface area (Å²) in [7, 11) is 0. The molecule has 1 rings (SSSR count). The molecule has 0 fully saturated rings. The Bertz CT molecular complexity index is 177. The fraction of sp³-hybridized carbons (Fsp3) is 0.455. The average Bonchev–Trinajstić information content (AvgIpc) is 2.05. The minimum absolute atomic E-state index is 0.803. The quantitative estimate of drug-likeness (QED) is 0.535. The molecule has 0 atom stereocenters. The molecule has 1 aromatic carbocycles. The lowest BCUT2D eigenvalue weighted by Gasteiger charge is -1.89. The SMILES string of the molecule is CC(C)I.CCc1ccccc1. The highest BCUT2D eigenvalue weighted by Crippen LogP contribution is 1.96. The summed E-state index contributed by atoms with van der Waals surface area (Å²) in [6.07, 6.45) is 1.14. The molecule has 0 spiro atoms. The number of benzene rings is 1. The maximum Gasteiger partial charge on any atom is 0.00530 e. The Morgan fingerprint density at radius 3 is 1.83 bits per heavy atom. The molecule has 0 aliphatic carbocycles. The van der Waals surface area contributed by atoms with Gasteiger partial charge < -0.3 is 0 Å². The van der Waals surface area contributed by atoms with Gasteiger partial charge in [0.05, 0.1) is 0 Å². The first kappa shape index (κ1) is 11.9. The molecule has 0 saturated heterocycles. The second-order valence-corrected chi connectivity index (χ2v) is 5.34. The molecule has 0 aliphatic heterocycles. The fourth-order valence-electron chi connectivity index (χ4n) is 0.714. The van der Waals surface area contributed by atoms with E-state index in [1.54, 1.807) is 0 Å². The van der Waals surface area contributed by atoms with Crippen LogP contribution >= 0.6 is 22.6 Å². The summed E-state index contributed by atoms with van der Waals surface area (Å²) >= 11 is 2.34. The molecule has 0 aromatic heterocycles. The number of hydrogen-bond donors (Lipinski definition) is 0. The molecule has 0 bridgehead atoms. The average molecular weight is 276 g/mol. The molecule has 68 valence electrons. The van der Waals surface area contributed by atoms with Crippen LogP contribution in [-0.4, -0.2) is 3.92 Å². The molecule has 0 heterocycles. The summed E-state index contributed by atoms with van der Waals surface area (Å²) in [5.74, 6) is 0. The molecule has 0 unspecified atom stereocenters. The minimum atomic E-state index is 0.803. The normalized spacial score (nSPS) is 9.08. The van der Waals surface area contributed by atoms with Crippen molar-refractivity contribution in [3.05, 3.63) is 35.9 Å². The molecule has 0 N–H and O–H groups in total. The van der Waals surface area contributed by atoms with Crippen LogP contribution in [0.5, 0.6) is 0 Å². The van der Waals surface area contributed by atoms with E-state index in [2.05, 4.69) is 67.6 Å². The van der Waals surface area contributed by atoms with E-state index >= 15 is 0 Å². The third-order valence-electron chi connectivity index (χ3n) is 1.25. The molecule has 0 radical (unpaired) electrons. The molecule has 0 saturated carbocycles. The third kappa shape index (κ3) is 8.05. The Morgan fingerprint density at radius 2 is 1.58 bits per heavy atom. The smallest absolute Gasteiger partial charge is 0.00530 e. The van der Waals surface area contributed by atoms with Crippen LogP contribution in [0.1, 0.15) is 26.3 Å². The first-order valence-corrected chi connectivity index (χ1v) is 5.59. The second-order valence-electron chi connectivity index (χ2n) is 2.85. The van der Waals surface area contributed by atoms with Crippen LogP contribution in [-0.2, 0) is 6.42 Å². The van der Waals surface area contributed by atoms with Crippen molar-refractivity contribution in [1.29, 1.82) is 0 Å².